The minimum Gasteiger partial charge on any atom is -0.496 e. The van der Waals surface area contributed by atoms with E-state index in [-0.39, 0.29) is 5.97 Å². The van der Waals surface area contributed by atoms with Crippen LogP contribution in [0, 0.1) is 0 Å². The molecular formula is C16H16O4. The molecule has 104 valence electrons. The van der Waals surface area contributed by atoms with Gasteiger partial charge < -0.3 is 14.2 Å². The third-order valence-electron chi connectivity index (χ3n) is 2.60. The van der Waals surface area contributed by atoms with Crippen molar-refractivity contribution < 1.29 is 19.0 Å². The van der Waals surface area contributed by atoms with Crippen molar-refractivity contribution in [2.75, 3.05) is 7.11 Å². The summed E-state index contributed by atoms with van der Waals surface area (Å²) in [7, 11) is 1.55. The Balaban J connectivity index is 2.12. The van der Waals surface area contributed by atoms with E-state index in [0.29, 0.717) is 23.9 Å². The number of hydrogen-bond acceptors (Lipinski definition) is 4. The molecule has 0 heterocycles. The normalized spacial score (nSPS) is 9.90. The standard InChI is InChI=1S/C16H16O4/c1-12(17)20-16-9-14(18-2)8-15(10-16)19-11-13-6-4-3-5-7-13/h3-10H,11H2,1-2H3. The predicted octanol–water partition coefficient (Wildman–Crippen LogP) is 3.20. The number of hydrogen-bond donors (Lipinski definition) is 0. The lowest BCUT2D eigenvalue weighted by Crippen LogP contribution is -2.02. The Labute approximate surface area is 117 Å². The van der Waals surface area contributed by atoms with Gasteiger partial charge in [-0.25, -0.2) is 0 Å². The maximum atomic E-state index is 11.0. The van der Waals surface area contributed by atoms with Crippen LogP contribution in [0.2, 0.25) is 0 Å². The summed E-state index contributed by atoms with van der Waals surface area (Å²) in [5.41, 5.74) is 1.06. The summed E-state index contributed by atoms with van der Waals surface area (Å²) in [6.45, 7) is 1.79. The molecule has 0 amide bonds. The summed E-state index contributed by atoms with van der Waals surface area (Å²) >= 11 is 0. The second kappa shape index (κ2) is 6.61. The number of esters is 1. The molecule has 0 radical (unpaired) electrons. The van der Waals surface area contributed by atoms with Gasteiger partial charge in [0.25, 0.3) is 0 Å². The lowest BCUT2D eigenvalue weighted by Gasteiger charge is -2.10. The molecule has 0 atom stereocenters. The smallest absolute Gasteiger partial charge is 0.308 e. The molecule has 0 spiro atoms. The first-order valence-electron chi connectivity index (χ1n) is 6.21. The zero-order valence-corrected chi connectivity index (χ0v) is 11.5. The van der Waals surface area contributed by atoms with E-state index >= 15 is 0 Å². The number of rotatable bonds is 5. The van der Waals surface area contributed by atoms with E-state index in [1.54, 1.807) is 25.3 Å². The largest absolute Gasteiger partial charge is 0.496 e. The lowest BCUT2D eigenvalue weighted by atomic mass is 10.2. The van der Waals surface area contributed by atoms with Crippen LogP contribution < -0.4 is 14.2 Å². The van der Waals surface area contributed by atoms with E-state index in [9.17, 15) is 4.79 Å². The molecule has 20 heavy (non-hydrogen) atoms. The van der Waals surface area contributed by atoms with Gasteiger partial charge in [0.1, 0.15) is 23.9 Å². The molecule has 4 nitrogen and oxygen atoms in total. The first kappa shape index (κ1) is 13.9. The highest BCUT2D eigenvalue weighted by Crippen LogP contribution is 2.28. The van der Waals surface area contributed by atoms with Gasteiger partial charge in [-0.3, -0.25) is 4.79 Å². The van der Waals surface area contributed by atoms with Gasteiger partial charge in [-0.15, -0.1) is 0 Å². The van der Waals surface area contributed by atoms with Crippen molar-refractivity contribution in [3.8, 4) is 17.2 Å². The Hall–Kier alpha value is -2.49. The van der Waals surface area contributed by atoms with Crippen LogP contribution in [0.15, 0.2) is 48.5 Å². The molecule has 4 heteroatoms. The first-order valence-corrected chi connectivity index (χ1v) is 6.21. The van der Waals surface area contributed by atoms with Gasteiger partial charge in [-0.1, -0.05) is 30.3 Å². The van der Waals surface area contributed by atoms with Crippen LogP contribution in [0.5, 0.6) is 17.2 Å². The fraction of sp³-hybridized carbons (Fsp3) is 0.188. The number of ether oxygens (including phenoxy) is 3. The van der Waals surface area contributed by atoms with Crippen LogP contribution >= 0.6 is 0 Å². The summed E-state index contributed by atoms with van der Waals surface area (Å²) in [6.07, 6.45) is 0. The van der Waals surface area contributed by atoms with Crippen molar-refractivity contribution in [3.63, 3.8) is 0 Å². The van der Waals surface area contributed by atoms with Crippen LogP contribution in [0.3, 0.4) is 0 Å². The van der Waals surface area contributed by atoms with Gasteiger partial charge in [-0.2, -0.15) is 0 Å². The van der Waals surface area contributed by atoms with Gasteiger partial charge in [0, 0.05) is 25.1 Å². The van der Waals surface area contributed by atoms with Gasteiger partial charge in [0.05, 0.1) is 7.11 Å². The van der Waals surface area contributed by atoms with E-state index in [0.717, 1.165) is 5.56 Å². The topological polar surface area (TPSA) is 44.8 Å². The highest BCUT2D eigenvalue weighted by Gasteiger charge is 2.06. The molecule has 0 fully saturated rings. The number of methoxy groups -OCH3 is 1. The summed E-state index contributed by atoms with van der Waals surface area (Å²) in [5.74, 6) is 1.18. The summed E-state index contributed by atoms with van der Waals surface area (Å²) in [4.78, 5) is 11.0. The van der Waals surface area contributed by atoms with Crippen molar-refractivity contribution in [2.45, 2.75) is 13.5 Å². The number of carbonyl (C=O) groups excluding carboxylic acids is 1. The van der Waals surface area contributed by atoms with Gasteiger partial charge in [0.2, 0.25) is 0 Å². The molecule has 0 bridgehead atoms. The average molecular weight is 272 g/mol. The van der Waals surface area contributed by atoms with Crippen molar-refractivity contribution in [2.24, 2.45) is 0 Å². The SMILES string of the molecule is COc1cc(OCc2ccccc2)cc(OC(C)=O)c1. The van der Waals surface area contributed by atoms with Gasteiger partial charge in [-0.05, 0) is 5.56 Å². The second-order valence-electron chi connectivity index (χ2n) is 4.21. The molecule has 2 aromatic rings. The number of carbonyl (C=O) groups is 1. The Morgan fingerprint density at radius 2 is 1.65 bits per heavy atom. The quantitative estimate of drug-likeness (QED) is 0.619. The van der Waals surface area contributed by atoms with E-state index in [4.69, 9.17) is 14.2 Å². The maximum absolute atomic E-state index is 11.0. The average Bonchev–Trinajstić information content (AvgIpc) is 2.45. The van der Waals surface area contributed by atoms with Crippen molar-refractivity contribution in [1.29, 1.82) is 0 Å². The fourth-order valence-corrected chi connectivity index (χ4v) is 1.71. The maximum Gasteiger partial charge on any atom is 0.308 e. The molecule has 0 N–H and O–H groups in total. The highest BCUT2D eigenvalue weighted by molar-refractivity contribution is 5.69. The van der Waals surface area contributed by atoms with E-state index in [1.165, 1.54) is 6.92 Å². The Kier molecular flexibility index (Phi) is 4.60. The van der Waals surface area contributed by atoms with E-state index in [2.05, 4.69) is 0 Å². The summed E-state index contributed by atoms with van der Waals surface area (Å²) < 4.78 is 15.9. The molecule has 0 saturated carbocycles. The summed E-state index contributed by atoms with van der Waals surface area (Å²) in [6, 6.07) is 14.9. The number of benzene rings is 2. The monoisotopic (exact) mass is 272 g/mol. The molecule has 0 aliphatic carbocycles. The van der Waals surface area contributed by atoms with Crippen LogP contribution in [0.1, 0.15) is 12.5 Å². The van der Waals surface area contributed by atoms with E-state index in [1.807, 2.05) is 30.3 Å². The zero-order chi connectivity index (χ0) is 14.4. The van der Waals surface area contributed by atoms with Crippen LogP contribution in [-0.2, 0) is 11.4 Å². The van der Waals surface area contributed by atoms with Crippen LogP contribution in [-0.4, -0.2) is 13.1 Å². The van der Waals surface area contributed by atoms with Crippen molar-refractivity contribution >= 4 is 5.97 Å². The van der Waals surface area contributed by atoms with Gasteiger partial charge >= 0.3 is 5.97 Å². The molecule has 2 rings (SSSR count). The second-order valence-corrected chi connectivity index (χ2v) is 4.21. The minimum absolute atomic E-state index is 0.382. The molecule has 0 aliphatic heterocycles. The predicted molar refractivity (Wildman–Crippen MR) is 75.1 cm³/mol. The minimum atomic E-state index is -0.382. The zero-order valence-electron chi connectivity index (χ0n) is 11.5. The molecular weight excluding hydrogens is 256 g/mol. The molecule has 0 aromatic heterocycles. The lowest BCUT2D eigenvalue weighted by molar-refractivity contribution is -0.131. The summed E-state index contributed by atoms with van der Waals surface area (Å²) in [5, 5.41) is 0. The molecule has 0 unspecified atom stereocenters. The molecule has 0 aliphatic rings. The van der Waals surface area contributed by atoms with Crippen LogP contribution in [0.25, 0.3) is 0 Å². The Bertz CT molecular complexity index is 578. The first-order chi connectivity index (χ1) is 9.67. The molecule has 2 aromatic carbocycles. The highest BCUT2D eigenvalue weighted by atomic mass is 16.5. The Morgan fingerprint density at radius 3 is 2.30 bits per heavy atom. The van der Waals surface area contributed by atoms with E-state index < -0.39 is 0 Å². The fourth-order valence-electron chi connectivity index (χ4n) is 1.71. The van der Waals surface area contributed by atoms with Crippen molar-refractivity contribution in [3.05, 3.63) is 54.1 Å². The third kappa shape index (κ3) is 4.02. The Morgan fingerprint density at radius 1 is 1.00 bits per heavy atom. The molecule has 0 saturated heterocycles. The van der Waals surface area contributed by atoms with Gasteiger partial charge in [0.15, 0.2) is 0 Å². The van der Waals surface area contributed by atoms with Crippen LogP contribution in [0.4, 0.5) is 0 Å². The third-order valence-corrected chi connectivity index (χ3v) is 2.60. The van der Waals surface area contributed by atoms with Crippen molar-refractivity contribution in [1.82, 2.24) is 0 Å².